The number of carbonyl (C=O) groups excluding carboxylic acids is 1. The van der Waals surface area contributed by atoms with Crippen LogP contribution in [0.4, 0.5) is 0 Å². The van der Waals surface area contributed by atoms with Crippen LogP contribution in [0, 0.1) is 5.41 Å². The number of hydrogen-bond acceptors (Lipinski definition) is 4. The fourth-order valence-electron chi connectivity index (χ4n) is 2.86. The van der Waals surface area contributed by atoms with Gasteiger partial charge >= 0.3 is 0 Å². The highest BCUT2D eigenvalue weighted by atomic mass is 35.5. The fourth-order valence-corrected chi connectivity index (χ4v) is 3.05. The first-order chi connectivity index (χ1) is 11.0. The van der Waals surface area contributed by atoms with Crippen LogP contribution in [0.25, 0.3) is 5.69 Å². The van der Waals surface area contributed by atoms with Gasteiger partial charge in [-0.25, -0.2) is 4.68 Å². The Bertz CT molecular complexity index is 704. The molecular formula is C16H18ClN3O3. The Morgan fingerprint density at radius 3 is 2.74 bits per heavy atom. The van der Waals surface area contributed by atoms with E-state index in [2.05, 4.69) is 10.4 Å². The standard InChI is InChI=1S/C16H18ClN3O3/c17-11-2-1-3-13(6-11)20-5-4-14(19-20)15(23)18-12-7-16(8-12,9-21)10-22/h1-6,12,21-22H,7-10H2,(H,18,23). The molecule has 0 aliphatic heterocycles. The summed E-state index contributed by atoms with van der Waals surface area (Å²) in [6.07, 6.45) is 2.84. The lowest BCUT2D eigenvalue weighted by molar-refractivity contribution is -0.0300. The molecule has 1 heterocycles. The molecule has 1 fully saturated rings. The van der Waals surface area contributed by atoms with Gasteiger partial charge in [-0.3, -0.25) is 4.79 Å². The Morgan fingerprint density at radius 2 is 2.09 bits per heavy atom. The molecule has 7 heteroatoms. The predicted octanol–water partition coefficient (Wildman–Crippen LogP) is 1.39. The van der Waals surface area contributed by atoms with Crippen molar-refractivity contribution in [3.05, 3.63) is 47.2 Å². The van der Waals surface area contributed by atoms with Crippen LogP contribution in [0.3, 0.4) is 0 Å². The molecular weight excluding hydrogens is 318 g/mol. The zero-order chi connectivity index (χ0) is 16.4. The molecule has 0 radical (unpaired) electrons. The monoisotopic (exact) mass is 335 g/mol. The minimum Gasteiger partial charge on any atom is -0.396 e. The summed E-state index contributed by atoms with van der Waals surface area (Å²) in [4.78, 5) is 12.2. The molecule has 3 N–H and O–H groups in total. The van der Waals surface area contributed by atoms with Crippen LogP contribution in [-0.4, -0.2) is 45.2 Å². The average molecular weight is 336 g/mol. The van der Waals surface area contributed by atoms with Crippen LogP contribution in [0.5, 0.6) is 0 Å². The molecule has 0 unspecified atom stereocenters. The van der Waals surface area contributed by atoms with Gasteiger partial charge in [0.25, 0.3) is 5.91 Å². The summed E-state index contributed by atoms with van der Waals surface area (Å²) in [6.45, 7) is -0.140. The van der Waals surface area contributed by atoms with Crippen molar-refractivity contribution in [3.8, 4) is 5.69 Å². The number of carbonyl (C=O) groups is 1. The Kier molecular flexibility index (Phi) is 4.39. The van der Waals surface area contributed by atoms with Gasteiger partial charge in [-0.15, -0.1) is 0 Å². The second kappa shape index (κ2) is 6.31. The van der Waals surface area contributed by atoms with Crippen molar-refractivity contribution >= 4 is 17.5 Å². The first-order valence-electron chi connectivity index (χ1n) is 7.39. The quantitative estimate of drug-likeness (QED) is 0.770. The van der Waals surface area contributed by atoms with Crippen LogP contribution in [0.1, 0.15) is 23.3 Å². The van der Waals surface area contributed by atoms with Gasteiger partial charge in [0.15, 0.2) is 5.69 Å². The Labute approximate surface area is 138 Å². The molecule has 1 aromatic heterocycles. The van der Waals surface area contributed by atoms with Gasteiger partial charge in [-0.2, -0.15) is 5.10 Å². The van der Waals surface area contributed by atoms with Gasteiger partial charge in [-0.05, 0) is 37.1 Å². The normalized spacial score (nSPS) is 16.8. The van der Waals surface area contributed by atoms with Gasteiger partial charge < -0.3 is 15.5 Å². The van der Waals surface area contributed by atoms with Crippen molar-refractivity contribution in [1.82, 2.24) is 15.1 Å². The van der Waals surface area contributed by atoms with Crippen molar-refractivity contribution in [2.24, 2.45) is 5.41 Å². The van der Waals surface area contributed by atoms with Gasteiger partial charge in [0.2, 0.25) is 0 Å². The van der Waals surface area contributed by atoms with Crippen LogP contribution in [0.2, 0.25) is 5.02 Å². The van der Waals surface area contributed by atoms with E-state index in [4.69, 9.17) is 11.6 Å². The first kappa shape index (κ1) is 16.0. The number of halogens is 1. The number of aliphatic hydroxyl groups excluding tert-OH is 2. The molecule has 23 heavy (non-hydrogen) atoms. The highest BCUT2D eigenvalue weighted by molar-refractivity contribution is 6.30. The van der Waals surface area contributed by atoms with E-state index < -0.39 is 5.41 Å². The molecule has 1 aliphatic rings. The zero-order valence-electron chi connectivity index (χ0n) is 12.4. The van der Waals surface area contributed by atoms with E-state index in [9.17, 15) is 15.0 Å². The van der Waals surface area contributed by atoms with E-state index >= 15 is 0 Å². The molecule has 2 aromatic rings. The molecule has 0 atom stereocenters. The minimum atomic E-state index is -0.460. The van der Waals surface area contributed by atoms with E-state index in [-0.39, 0.29) is 25.2 Å². The number of amides is 1. The Balaban J connectivity index is 1.64. The van der Waals surface area contributed by atoms with Crippen molar-refractivity contribution in [1.29, 1.82) is 0 Å². The van der Waals surface area contributed by atoms with E-state index in [0.29, 0.717) is 23.6 Å². The smallest absolute Gasteiger partial charge is 0.272 e. The number of benzene rings is 1. The summed E-state index contributed by atoms with van der Waals surface area (Å²) in [5.74, 6) is -0.264. The molecule has 1 aromatic carbocycles. The molecule has 6 nitrogen and oxygen atoms in total. The maximum atomic E-state index is 12.2. The molecule has 0 saturated heterocycles. The lowest BCUT2D eigenvalue weighted by Gasteiger charge is -2.45. The molecule has 122 valence electrons. The second-order valence-electron chi connectivity index (χ2n) is 6.02. The highest BCUT2D eigenvalue weighted by Crippen LogP contribution is 2.40. The molecule has 1 amide bonds. The Hall–Kier alpha value is -1.89. The SMILES string of the molecule is O=C(NC1CC(CO)(CO)C1)c1ccn(-c2cccc(Cl)c2)n1. The number of aromatic nitrogens is 2. The van der Waals surface area contributed by atoms with Gasteiger partial charge in [-0.1, -0.05) is 17.7 Å². The number of hydrogen-bond donors (Lipinski definition) is 3. The minimum absolute atomic E-state index is 0.0434. The summed E-state index contributed by atoms with van der Waals surface area (Å²) >= 11 is 5.95. The Morgan fingerprint density at radius 1 is 1.35 bits per heavy atom. The van der Waals surface area contributed by atoms with Gasteiger partial charge in [0.1, 0.15) is 0 Å². The lowest BCUT2D eigenvalue weighted by atomic mass is 9.66. The molecule has 3 rings (SSSR count). The summed E-state index contributed by atoms with van der Waals surface area (Å²) in [7, 11) is 0. The van der Waals surface area contributed by atoms with Gasteiger partial charge in [0, 0.05) is 22.7 Å². The van der Waals surface area contributed by atoms with Crippen LogP contribution in [-0.2, 0) is 0 Å². The maximum Gasteiger partial charge on any atom is 0.272 e. The van der Waals surface area contributed by atoms with E-state index in [1.807, 2.05) is 12.1 Å². The lowest BCUT2D eigenvalue weighted by Crippen LogP contribution is -2.54. The predicted molar refractivity (Wildman–Crippen MR) is 85.7 cm³/mol. The molecule has 0 spiro atoms. The van der Waals surface area contributed by atoms with Crippen molar-refractivity contribution in [2.45, 2.75) is 18.9 Å². The largest absolute Gasteiger partial charge is 0.396 e. The topological polar surface area (TPSA) is 87.4 Å². The molecule has 0 bridgehead atoms. The third-order valence-electron chi connectivity index (χ3n) is 4.26. The highest BCUT2D eigenvalue weighted by Gasteiger charge is 2.44. The molecule has 1 aliphatic carbocycles. The van der Waals surface area contributed by atoms with Crippen molar-refractivity contribution < 1.29 is 15.0 Å². The summed E-state index contributed by atoms with van der Waals surface area (Å²) < 4.78 is 1.59. The molecule has 1 saturated carbocycles. The summed E-state index contributed by atoms with van der Waals surface area (Å²) in [5, 5.41) is 26.2. The maximum absolute atomic E-state index is 12.2. The average Bonchev–Trinajstić information content (AvgIpc) is 3.00. The van der Waals surface area contributed by atoms with Crippen molar-refractivity contribution in [2.75, 3.05) is 13.2 Å². The summed E-state index contributed by atoms with van der Waals surface area (Å²) in [5.41, 5.74) is 0.633. The number of nitrogens with one attached hydrogen (secondary N) is 1. The van der Waals surface area contributed by atoms with Crippen LogP contribution in [0.15, 0.2) is 36.5 Å². The van der Waals surface area contributed by atoms with E-state index in [1.165, 1.54) is 0 Å². The van der Waals surface area contributed by atoms with Gasteiger partial charge in [0.05, 0.1) is 18.9 Å². The van der Waals surface area contributed by atoms with E-state index in [1.54, 1.807) is 29.1 Å². The van der Waals surface area contributed by atoms with E-state index in [0.717, 1.165) is 5.69 Å². The zero-order valence-corrected chi connectivity index (χ0v) is 13.2. The summed E-state index contributed by atoms with van der Waals surface area (Å²) in [6, 6.07) is 8.80. The number of aliphatic hydroxyl groups is 2. The number of nitrogens with zero attached hydrogens (tertiary/aromatic N) is 2. The third kappa shape index (κ3) is 3.24. The first-order valence-corrected chi connectivity index (χ1v) is 7.77. The van der Waals surface area contributed by atoms with Crippen LogP contribution < -0.4 is 5.32 Å². The third-order valence-corrected chi connectivity index (χ3v) is 4.49. The second-order valence-corrected chi connectivity index (χ2v) is 6.46. The van der Waals surface area contributed by atoms with Crippen molar-refractivity contribution in [3.63, 3.8) is 0 Å². The fraction of sp³-hybridized carbons (Fsp3) is 0.375. The number of rotatable bonds is 5. The van der Waals surface area contributed by atoms with Crippen LogP contribution >= 0.6 is 11.6 Å².